The minimum Gasteiger partial charge on any atom is -0.501 e. The Balaban J connectivity index is 1.68. The molecule has 0 amide bonds. The lowest BCUT2D eigenvalue weighted by molar-refractivity contribution is 0.221. The highest BCUT2D eigenvalue weighted by Crippen LogP contribution is 2.22. The first-order valence-corrected chi connectivity index (χ1v) is 9.45. The van der Waals surface area contributed by atoms with Crippen molar-refractivity contribution in [1.82, 2.24) is 14.4 Å². The first-order chi connectivity index (χ1) is 11.7. The van der Waals surface area contributed by atoms with Crippen molar-refractivity contribution in [2.75, 3.05) is 70.3 Å². The molecule has 1 N–H and O–H groups in total. The van der Waals surface area contributed by atoms with Gasteiger partial charge in [0, 0.05) is 26.2 Å². The van der Waals surface area contributed by atoms with Gasteiger partial charge in [0.1, 0.15) is 5.69 Å². The number of anilines is 1. The highest BCUT2D eigenvalue weighted by atomic mass is 16.3. The third kappa shape index (κ3) is 3.35. The van der Waals surface area contributed by atoms with Crippen LogP contribution in [0.3, 0.4) is 0 Å². The average Bonchev–Trinajstić information content (AvgIpc) is 2.59. The van der Waals surface area contributed by atoms with E-state index in [9.17, 15) is 9.90 Å². The zero-order valence-corrected chi connectivity index (χ0v) is 15.1. The van der Waals surface area contributed by atoms with Gasteiger partial charge in [0.2, 0.25) is 5.75 Å². The van der Waals surface area contributed by atoms with Crippen molar-refractivity contribution in [1.29, 1.82) is 0 Å². The second kappa shape index (κ2) is 7.66. The summed E-state index contributed by atoms with van der Waals surface area (Å²) in [5, 5.41) is 11.0. The second-order valence-electron chi connectivity index (χ2n) is 7.03. The molecule has 1 aromatic carbocycles. The summed E-state index contributed by atoms with van der Waals surface area (Å²) in [6, 6.07) is 0. The normalized spacial score (nSPS) is 20.9. The Labute approximate surface area is 144 Å². The Morgan fingerprint density at radius 3 is 1.96 bits per heavy atom. The Morgan fingerprint density at radius 2 is 1.46 bits per heavy atom. The van der Waals surface area contributed by atoms with Gasteiger partial charge in [-0.15, -0.1) is 0 Å². The maximum atomic E-state index is 12.6. The molecule has 2 aliphatic heterocycles. The van der Waals surface area contributed by atoms with E-state index in [0.29, 0.717) is 11.0 Å². The maximum absolute atomic E-state index is 12.6. The summed E-state index contributed by atoms with van der Waals surface area (Å²) in [4.78, 5) is 19.5. The predicted octanol–water partition coefficient (Wildman–Crippen LogP) is -0.342. The van der Waals surface area contributed by atoms with Crippen LogP contribution in [0.1, 0.15) is 26.7 Å². The minimum atomic E-state index is 0.0420. The molecule has 0 bridgehead atoms. The van der Waals surface area contributed by atoms with Gasteiger partial charge in [-0.3, -0.25) is 14.6 Å². The van der Waals surface area contributed by atoms with Crippen LogP contribution in [0.25, 0.3) is 0 Å². The average molecular weight is 335 g/mol. The largest absolute Gasteiger partial charge is 0.501 e. The maximum Gasteiger partial charge on any atom is 0.294 e. The lowest BCUT2D eigenvalue weighted by Crippen LogP contribution is -2.56. The van der Waals surface area contributed by atoms with E-state index in [1.165, 1.54) is 0 Å². The fourth-order valence-electron chi connectivity index (χ4n) is 3.99. The molecular weight excluding hydrogens is 304 g/mol. The molecule has 0 unspecified atom stereocenters. The summed E-state index contributed by atoms with van der Waals surface area (Å²) in [5.41, 5.74) is 0.595. The van der Waals surface area contributed by atoms with E-state index >= 15 is 0 Å². The fraction of sp³-hybridized carbons (Fsp3) is 0.778. The zero-order chi connectivity index (χ0) is 17.1. The Morgan fingerprint density at radius 1 is 0.917 bits per heavy atom. The van der Waals surface area contributed by atoms with Crippen molar-refractivity contribution in [2.24, 2.45) is 0 Å². The van der Waals surface area contributed by atoms with E-state index in [4.69, 9.17) is 0 Å². The third-order valence-corrected chi connectivity index (χ3v) is 5.34. The molecule has 0 radical (unpaired) electrons. The van der Waals surface area contributed by atoms with Gasteiger partial charge in [-0.25, -0.2) is 4.58 Å². The van der Waals surface area contributed by atoms with Crippen molar-refractivity contribution in [3.8, 4) is 5.75 Å². The van der Waals surface area contributed by atoms with E-state index in [1.54, 1.807) is 0 Å². The molecule has 3 rings (SSSR count). The third-order valence-electron chi connectivity index (χ3n) is 5.34. The van der Waals surface area contributed by atoms with E-state index in [2.05, 4.69) is 33.1 Å². The van der Waals surface area contributed by atoms with Crippen LogP contribution in [-0.4, -0.2) is 80.4 Å². The van der Waals surface area contributed by atoms with Gasteiger partial charge >= 0.3 is 0 Å². The van der Waals surface area contributed by atoms with Crippen LogP contribution in [-0.2, 0) is 0 Å². The first kappa shape index (κ1) is 17.4. The summed E-state index contributed by atoms with van der Waals surface area (Å²) in [6.45, 7) is 13.9. The van der Waals surface area contributed by atoms with Crippen LogP contribution in [0, 0.1) is 0 Å². The Kier molecular flexibility index (Phi) is 5.56. The first-order valence-electron chi connectivity index (χ1n) is 9.45. The van der Waals surface area contributed by atoms with Crippen LogP contribution >= 0.6 is 0 Å². The van der Waals surface area contributed by atoms with Crippen LogP contribution in [0.4, 0.5) is 5.69 Å². The van der Waals surface area contributed by atoms with Crippen molar-refractivity contribution in [2.45, 2.75) is 26.7 Å². The summed E-state index contributed by atoms with van der Waals surface area (Å²) in [6.07, 6.45) is 2.32. The molecule has 6 heteroatoms. The van der Waals surface area contributed by atoms with Crippen LogP contribution < -0.4 is 20.3 Å². The van der Waals surface area contributed by atoms with Gasteiger partial charge in [0.25, 0.3) is 10.8 Å². The molecule has 6 nitrogen and oxygen atoms in total. The molecule has 0 aromatic heterocycles. The number of nitrogens with zero attached hydrogens (tertiary/aromatic N) is 4. The number of rotatable bonds is 5. The minimum absolute atomic E-state index is 0.0420. The quantitative estimate of drug-likeness (QED) is 0.746. The van der Waals surface area contributed by atoms with Crippen LogP contribution in [0.2, 0.25) is 0 Å². The molecule has 2 aliphatic rings. The second-order valence-corrected chi connectivity index (χ2v) is 7.03. The number of aromatic hydroxyl groups is 1. The number of piperazine rings is 2. The van der Waals surface area contributed by atoms with Crippen LogP contribution in [0.15, 0.2) is 4.79 Å². The molecule has 1 aromatic rings. The molecule has 2 heterocycles. The van der Waals surface area contributed by atoms with Crippen molar-refractivity contribution < 1.29 is 5.11 Å². The lowest BCUT2D eigenvalue weighted by atomic mass is 10.1. The molecule has 0 aliphatic carbocycles. The predicted molar refractivity (Wildman–Crippen MR) is 97.4 cm³/mol. The number of hydrogen-bond acceptors (Lipinski definition) is 5. The van der Waals surface area contributed by atoms with Crippen molar-refractivity contribution in [3.63, 3.8) is 0 Å². The molecule has 24 heavy (non-hydrogen) atoms. The molecule has 2 fully saturated rings. The van der Waals surface area contributed by atoms with E-state index in [-0.39, 0.29) is 11.2 Å². The molecule has 0 saturated carbocycles. The highest BCUT2D eigenvalue weighted by molar-refractivity contribution is 5.63. The summed E-state index contributed by atoms with van der Waals surface area (Å²) < 4.78 is 2.07. The molecule has 0 atom stereocenters. The molecule has 2 saturated heterocycles. The SMILES string of the molecule is CCCN1CCN(c2c(O)c(=[N+]3CCN(CCC)CC3)c2=O)CC1. The van der Waals surface area contributed by atoms with E-state index in [1.807, 2.05) is 0 Å². The summed E-state index contributed by atoms with van der Waals surface area (Å²) in [7, 11) is 0. The van der Waals surface area contributed by atoms with E-state index < -0.39 is 0 Å². The zero-order valence-electron chi connectivity index (χ0n) is 15.1. The van der Waals surface area contributed by atoms with Gasteiger partial charge < -0.3 is 10.0 Å². The smallest absolute Gasteiger partial charge is 0.294 e. The van der Waals surface area contributed by atoms with E-state index in [0.717, 1.165) is 78.3 Å². The Bertz CT molecular complexity index is 630. The number of hydrogen-bond donors (Lipinski definition) is 1. The topological polar surface area (TPSA) is 50.0 Å². The summed E-state index contributed by atoms with van der Waals surface area (Å²) in [5.74, 6) is 0.230. The highest BCUT2D eigenvalue weighted by Gasteiger charge is 2.33. The van der Waals surface area contributed by atoms with Crippen molar-refractivity contribution in [3.05, 3.63) is 15.6 Å². The Hall–Kier alpha value is -1.40. The molecule has 134 valence electrons. The van der Waals surface area contributed by atoms with Crippen LogP contribution in [0.5, 0.6) is 5.75 Å². The lowest BCUT2D eigenvalue weighted by Gasteiger charge is -2.36. The van der Waals surface area contributed by atoms with Gasteiger partial charge in [-0.2, -0.15) is 0 Å². The van der Waals surface area contributed by atoms with Gasteiger partial charge in [-0.1, -0.05) is 13.8 Å². The molecular formula is C18H31N4O2+. The summed E-state index contributed by atoms with van der Waals surface area (Å²) >= 11 is 0. The van der Waals surface area contributed by atoms with Crippen molar-refractivity contribution >= 4 is 5.69 Å². The fourth-order valence-corrected chi connectivity index (χ4v) is 3.99. The van der Waals surface area contributed by atoms with Gasteiger partial charge in [0.05, 0.1) is 13.1 Å². The van der Waals surface area contributed by atoms with Gasteiger partial charge in [0.15, 0.2) is 13.1 Å². The monoisotopic (exact) mass is 335 g/mol. The molecule has 0 spiro atoms. The van der Waals surface area contributed by atoms with Gasteiger partial charge in [-0.05, 0) is 25.9 Å². The standard InChI is InChI=1S/C18H30N4O2/c1-3-5-19-7-11-21(12-8-19)15-17(23)16(18(15)24)22-13-9-20(6-4-2)10-14-22/h3-14H2,1-2H3/p+1.